The van der Waals surface area contributed by atoms with Crippen molar-refractivity contribution in [3.05, 3.63) is 142 Å². The van der Waals surface area contributed by atoms with Gasteiger partial charge in [0.15, 0.2) is 0 Å². The molecule has 0 atom stereocenters. The fourth-order valence-corrected chi connectivity index (χ4v) is 4.87. The van der Waals surface area contributed by atoms with E-state index in [9.17, 15) is 14.3 Å². The van der Waals surface area contributed by atoms with Gasteiger partial charge in [-0.05, 0) is 53.6 Å². The molecule has 42 heavy (non-hydrogen) atoms. The Morgan fingerprint density at radius 1 is 0.929 bits per heavy atom. The molecule has 9 heteroatoms. The van der Waals surface area contributed by atoms with E-state index in [2.05, 4.69) is 9.97 Å². The fraction of sp³-hybridized carbons (Fsp3) is 0.0909. The van der Waals surface area contributed by atoms with Crippen LogP contribution < -0.4 is 4.74 Å². The molecule has 7 nitrogen and oxygen atoms in total. The molecule has 0 aliphatic heterocycles. The summed E-state index contributed by atoms with van der Waals surface area (Å²) in [5.74, 6) is -0.211. The number of nitrogens with zero attached hydrogens (tertiary/aromatic N) is 4. The fourth-order valence-electron chi connectivity index (χ4n) is 4.71. The number of halogens is 2. The van der Waals surface area contributed by atoms with E-state index in [-0.39, 0.29) is 12.2 Å². The second kappa shape index (κ2) is 11.8. The summed E-state index contributed by atoms with van der Waals surface area (Å²) < 4.78 is 21.9. The summed E-state index contributed by atoms with van der Waals surface area (Å²) >= 11 is 5.83. The number of carboxylic acids is 1. The zero-order chi connectivity index (χ0) is 29.1. The second-order valence-electron chi connectivity index (χ2n) is 9.74. The predicted molar refractivity (Wildman–Crippen MR) is 158 cm³/mol. The van der Waals surface area contributed by atoms with E-state index in [1.54, 1.807) is 48.8 Å². The summed E-state index contributed by atoms with van der Waals surface area (Å²) in [5, 5.41) is 9.87. The minimum absolute atomic E-state index is 0.0341. The lowest BCUT2D eigenvalue weighted by molar-refractivity contribution is 0.0697. The molecule has 0 fully saturated rings. The van der Waals surface area contributed by atoms with Crippen molar-refractivity contribution < 1.29 is 19.0 Å². The van der Waals surface area contributed by atoms with Gasteiger partial charge in [-0.1, -0.05) is 54.1 Å². The van der Waals surface area contributed by atoms with Crippen LogP contribution >= 0.6 is 11.6 Å². The summed E-state index contributed by atoms with van der Waals surface area (Å²) in [5.41, 5.74) is 5.73. The molecule has 0 radical (unpaired) electrons. The zero-order valence-corrected chi connectivity index (χ0v) is 23.0. The Hall–Kier alpha value is -5.08. The number of rotatable bonds is 9. The van der Waals surface area contributed by atoms with Crippen molar-refractivity contribution in [3.63, 3.8) is 0 Å². The Balaban J connectivity index is 1.23. The first-order valence-electron chi connectivity index (χ1n) is 13.2. The van der Waals surface area contributed by atoms with Crippen LogP contribution in [0.25, 0.3) is 22.3 Å². The quantitative estimate of drug-likeness (QED) is 0.195. The third-order valence-electron chi connectivity index (χ3n) is 6.86. The number of carboxylic acid groups (broad SMARTS) is 1. The van der Waals surface area contributed by atoms with Crippen molar-refractivity contribution >= 4 is 28.6 Å². The van der Waals surface area contributed by atoms with Gasteiger partial charge in [0, 0.05) is 41.0 Å². The smallest absolute Gasteiger partial charge is 0.335 e. The number of aromatic nitrogens is 4. The van der Waals surface area contributed by atoms with E-state index in [0.717, 1.165) is 39.2 Å². The maximum absolute atomic E-state index is 14.1. The first-order valence-corrected chi connectivity index (χ1v) is 13.6. The molecule has 0 amide bonds. The van der Waals surface area contributed by atoms with Gasteiger partial charge in [-0.15, -0.1) is 0 Å². The Labute approximate surface area is 245 Å². The molecular weight excluding hydrogens is 555 g/mol. The van der Waals surface area contributed by atoms with Crippen LogP contribution in [-0.2, 0) is 19.6 Å². The Morgan fingerprint density at radius 3 is 2.55 bits per heavy atom. The average molecular weight is 579 g/mol. The topological polar surface area (TPSA) is 90.1 Å². The highest BCUT2D eigenvalue weighted by Gasteiger charge is 2.15. The van der Waals surface area contributed by atoms with Crippen LogP contribution in [0, 0.1) is 5.82 Å². The first-order chi connectivity index (χ1) is 20.4. The minimum Gasteiger partial charge on any atom is -0.478 e. The van der Waals surface area contributed by atoms with Gasteiger partial charge in [0.05, 0.1) is 28.8 Å². The van der Waals surface area contributed by atoms with Crippen LogP contribution in [0.1, 0.15) is 32.9 Å². The van der Waals surface area contributed by atoms with E-state index < -0.39 is 11.8 Å². The molecule has 0 unspecified atom stereocenters. The van der Waals surface area contributed by atoms with Crippen LogP contribution in [0.4, 0.5) is 4.39 Å². The van der Waals surface area contributed by atoms with Crippen LogP contribution in [0.2, 0.25) is 5.02 Å². The van der Waals surface area contributed by atoms with E-state index >= 15 is 0 Å². The van der Waals surface area contributed by atoms with Crippen molar-refractivity contribution in [1.29, 1.82) is 0 Å². The Bertz CT molecular complexity index is 1890. The van der Waals surface area contributed by atoms with Gasteiger partial charge in [-0.3, -0.25) is 4.98 Å². The molecular formula is C33H24ClFN4O3. The van der Waals surface area contributed by atoms with Gasteiger partial charge in [-0.25, -0.2) is 19.2 Å². The van der Waals surface area contributed by atoms with Crippen LogP contribution in [-0.4, -0.2) is 30.6 Å². The van der Waals surface area contributed by atoms with Crippen molar-refractivity contribution in [2.75, 3.05) is 0 Å². The van der Waals surface area contributed by atoms with Crippen molar-refractivity contribution in [1.82, 2.24) is 19.5 Å². The van der Waals surface area contributed by atoms with E-state index in [0.29, 0.717) is 29.4 Å². The van der Waals surface area contributed by atoms with Gasteiger partial charge in [-0.2, -0.15) is 0 Å². The molecule has 3 aromatic carbocycles. The van der Waals surface area contributed by atoms with Crippen molar-refractivity contribution in [3.8, 4) is 17.1 Å². The molecule has 0 aliphatic carbocycles. The summed E-state index contributed by atoms with van der Waals surface area (Å²) in [6.45, 7) is 0.545. The molecule has 0 bridgehead atoms. The molecule has 3 aromatic heterocycles. The third-order valence-corrected chi connectivity index (χ3v) is 7.10. The number of aromatic carboxylic acids is 1. The van der Waals surface area contributed by atoms with E-state index in [4.69, 9.17) is 21.3 Å². The second-order valence-corrected chi connectivity index (χ2v) is 10.2. The standard InChI is InChI=1S/C33H24ClFN4O3/c34-26-12-10-25(27(35)17-26)20-42-32-5-1-4-28(38-32)23-8-6-21(7-9-23)15-31-37-29-13-11-24(33(40)41)16-30(29)39(31)19-22-3-2-14-36-18-22/h1-14,16-18H,15,19-20H2,(H,40,41). The van der Waals surface area contributed by atoms with Gasteiger partial charge >= 0.3 is 5.97 Å². The summed E-state index contributed by atoms with van der Waals surface area (Å²) in [4.78, 5) is 25.3. The highest BCUT2D eigenvalue weighted by molar-refractivity contribution is 6.30. The molecule has 3 heterocycles. The number of fused-ring (bicyclic) bond motifs is 1. The Kier molecular flexibility index (Phi) is 7.62. The number of ether oxygens (including phenoxy) is 1. The van der Waals surface area contributed by atoms with Crippen LogP contribution in [0.5, 0.6) is 5.88 Å². The number of imidazole rings is 1. The molecule has 208 valence electrons. The average Bonchev–Trinajstić information content (AvgIpc) is 3.33. The number of benzene rings is 3. The Morgan fingerprint density at radius 2 is 1.79 bits per heavy atom. The number of hydrogen-bond acceptors (Lipinski definition) is 5. The molecule has 0 saturated heterocycles. The van der Waals surface area contributed by atoms with Gasteiger partial charge in [0.25, 0.3) is 0 Å². The predicted octanol–water partition coefficient (Wildman–Crippen LogP) is 7.20. The van der Waals surface area contributed by atoms with Gasteiger partial charge in [0.2, 0.25) is 5.88 Å². The molecule has 1 N–H and O–H groups in total. The lowest BCUT2D eigenvalue weighted by Gasteiger charge is -2.11. The highest BCUT2D eigenvalue weighted by Crippen LogP contribution is 2.25. The lowest BCUT2D eigenvalue weighted by atomic mass is 10.1. The maximum Gasteiger partial charge on any atom is 0.335 e. The molecule has 0 spiro atoms. The monoisotopic (exact) mass is 578 g/mol. The highest BCUT2D eigenvalue weighted by atomic mass is 35.5. The summed E-state index contributed by atoms with van der Waals surface area (Å²) in [6, 6.07) is 26.8. The summed E-state index contributed by atoms with van der Waals surface area (Å²) in [6.07, 6.45) is 4.06. The maximum atomic E-state index is 14.1. The lowest BCUT2D eigenvalue weighted by Crippen LogP contribution is -2.07. The number of pyridine rings is 2. The zero-order valence-electron chi connectivity index (χ0n) is 22.2. The molecule has 6 rings (SSSR count). The first kappa shape index (κ1) is 27.1. The summed E-state index contributed by atoms with van der Waals surface area (Å²) in [7, 11) is 0. The normalized spacial score (nSPS) is 11.1. The third kappa shape index (κ3) is 5.99. The van der Waals surface area contributed by atoms with Crippen molar-refractivity contribution in [2.24, 2.45) is 0 Å². The van der Waals surface area contributed by atoms with Crippen LogP contribution in [0.15, 0.2) is 103 Å². The van der Waals surface area contributed by atoms with E-state index in [1.807, 2.05) is 53.1 Å². The number of carbonyl (C=O) groups is 1. The van der Waals surface area contributed by atoms with Gasteiger partial charge < -0.3 is 14.4 Å². The van der Waals surface area contributed by atoms with E-state index in [1.165, 1.54) is 6.07 Å². The van der Waals surface area contributed by atoms with Gasteiger partial charge in [0.1, 0.15) is 18.2 Å². The minimum atomic E-state index is -0.983. The number of hydrogen-bond donors (Lipinski definition) is 1. The molecule has 0 aliphatic rings. The molecule has 6 aromatic rings. The SMILES string of the molecule is O=C(O)c1ccc2nc(Cc3ccc(-c4cccc(OCc5ccc(Cl)cc5F)n4)cc3)n(Cc3cccnc3)c2c1. The van der Waals surface area contributed by atoms with Crippen molar-refractivity contribution in [2.45, 2.75) is 19.6 Å². The molecule has 0 saturated carbocycles. The largest absolute Gasteiger partial charge is 0.478 e. The van der Waals surface area contributed by atoms with Crippen LogP contribution in [0.3, 0.4) is 0 Å².